The molecule has 3 atom stereocenters. The van der Waals surface area contributed by atoms with Crippen molar-refractivity contribution >= 4 is 35.6 Å². The Morgan fingerprint density at radius 3 is 2.62 bits per heavy atom. The topological polar surface area (TPSA) is 202 Å². The standard InChI is InChI=1S/C29H32N3O11PS/c1-29(27(34)30-36,45(2,40)41)13-14-31-18-24-15-20(17-32(24)28(31)35)7-3-4-9-22-16-23(22)19-42-26(33)12-11-21-8-5-6-10-25(21)43-44(37,38)39/h5-6,8,10,15,17,22-23,36H,11-14,16,18-19H2,1-2H3,(H,30,34)(H2,37,38,39)/t22-,23+,29+/m0/s1. The number of sulfone groups is 1. The fourth-order valence-corrected chi connectivity index (χ4v) is 5.96. The van der Waals surface area contributed by atoms with Crippen molar-refractivity contribution in [2.24, 2.45) is 11.8 Å². The van der Waals surface area contributed by atoms with Crippen LogP contribution in [0.1, 0.15) is 43.0 Å². The van der Waals surface area contributed by atoms with Crippen molar-refractivity contribution in [1.29, 1.82) is 0 Å². The van der Waals surface area contributed by atoms with Crippen molar-refractivity contribution < 1.29 is 51.6 Å². The van der Waals surface area contributed by atoms with Crippen LogP contribution in [0.2, 0.25) is 0 Å². The highest BCUT2D eigenvalue weighted by Gasteiger charge is 2.44. The summed E-state index contributed by atoms with van der Waals surface area (Å²) in [6.07, 6.45) is 3.20. The van der Waals surface area contributed by atoms with E-state index in [9.17, 15) is 27.4 Å². The number of carbonyl (C=O) groups is 3. The Labute approximate surface area is 259 Å². The summed E-state index contributed by atoms with van der Waals surface area (Å²) in [5, 5.41) is 8.97. The Hall–Kier alpha value is -4.11. The van der Waals surface area contributed by atoms with Crippen LogP contribution >= 0.6 is 7.82 Å². The first kappa shape index (κ1) is 33.8. The van der Waals surface area contributed by atoms with Gasteiger partial charge in [0.1, 0.15) is 5.75 Å². The molecule has 2 amide bonds. The number of para-hydroxylation sites is 1. The molecule has 14 nitrogen and oxygen atoms in total. The van der Waals surface area contributed by atoms with E-state index in [1.807, 2.05) is 0 Å². The van der Waals surface area contributed by atoms with E-state index >= 15 is 0 Å². The van der Waals surface area contributed by atoms with Gasteiger partial charge in [-0.3, -0.25) is 29.2 Å². The van der Waals surface area contributed by atoms with Crippen LogP contribution in [-0.2, 0) is 41.7 Å². The Morgan fingerprint density at radius 2 is 1.96 bits per heavy atom. The molecule has 1 saturated carbocycles. The van der Waals surface area contributed by atoms with Crippen LogP contribution in [0.4, 0.5) is 4.79 Å². The van der Waals surface area contributed by atoms with E-state index in [0.29, 0.717) is 16.8 Å². The van der Waals surface area contributed by atoms with Crippen LogP contribution in [0.15, 0.2) is 36.5 Å². The van der Waals surface area contributed by atoms with Gasteiger partial charge in [-0.1, -0.05) is 30.0 Å². The quantitative estimate of drug-likeness (QED) is 0.0846. The van der Waals surface area contributed by atoms with E-state index in [-0.39, 0.29) is 56.5 Å². The third-order valence-electron chi connectivity index (χ3n) is 7.68. The highest BCUT2D eigenvalue weighted by Crippen LogP contribution is 2.40. The Bertz CT molecular complexity index is 1780. The van der Waals surface area contributed by atoms with Crippen LogP contribution in [0, 0.1) is 35.5 Å². The zero-order valence-corrected chi connectivity index (χ0v) is 26.1. The average Bonchev–Trinajstić information content (AvgIpc) is 3.50. The van der Waals surface area contributed by atoms with Crippen molar-refractivity contribution in [2.45, 2.75) is 43.9 Å². The van der Waals surface area contributed by atoms with Crippen molar-refractivity contribution in [3.63, 3.8) is 0 Å². The molecule has 0 unspecified atom stereocenters. The number of hydroxylamine groups is 1. The van der Waals surface area contributed by atoms with Gasteiger partial charge >= 0.3 is 19.8 Å². The number of phosphoric acid groups is 1. The molecular formula is C29H32N3O11PS. The van der Waals surface area contributed by atoms with Gasteiger partial charge in [-0.2, -0.15) is 0 Å². The number of esters is 1. The first-order valence-electron chi connectivity index (χ1n) is 13.8. The normalized spacial score (nSPS) is 18.4. The lowest BCUT2D eigenvalue weighted by Crippen LogP contribution is -2.50. The van der Waals surface area contributed by atoms with Crippen LogP contribution < -0.4 is 10.0 Å². The molecule has 0 spiro atoms. The predicted molar refractivity (Wildman–Crippen MR) is 158 cm³/mol. The first-order valence-corrected chi connectivity index (χ1v) is 17.2. The summed E-state index contributed by atoms with van der Waals surface area (Å²) in [5.74, 6) is 10.1. The average molecular weight is 662 g/mol. The molecule has 4 N–H and O–H groups in total. The number of fused-ring (bicyclic) bond motifs is 1. The van der Waals surface area contributed by atoms with Gasteiger partial charge < -0.3 is 14.2 Å². The van der Waals surface area contributed by atoms with Gasteiger partial charge in [-0.15, -0.1) is 0 Å². The molecule has 1 aromatic heterocycles. The molecule has 2 aromatic rings. The Morgan fingerprint density at radius 1 is 1.22 bits per heavy atom. The molecule has 0 bridgehead atoms. The van der Waals surface area contributed by atoms with Crippen LogP contribution in [0.3, 0.4) is 0 Å². The second kappa shape index (κ2) is 13.5. The largest absolute Gasteiger partial charge is 0.524 e. The van der Waals surface area contributed by atoms with Crippen LogP contribution in [-0.4, -0.2) is 74.9 Å². The highest BCUT2D eigenvalue weighted by atomic mass is 32.2. The number of phosphoric ester groups is 1. The fraction of sp³-hybridized carbons (Fsp3) is 0.414. The number of amides is 2. The maximum Gasteiger partial charge on any atom is 0.524 e. The maximum atomic E-state index is 12.8. The van der Waals surface area contributed by atoms with Gasteiger partial charge in [-0.25, -0.2) is 23.3 Å². The summed E-state index contributed by atoms with van der Waals surface area (Å²) < 4.78 is 44.9. The molecule has 1 fully saturated rings. The zero-order valence-electron chi connectivity index (χ0n) is 24.4. The molecule has 45 heavy (non-hydrogen) atoms. The number of hydrogen-bond acceptors (Lipinski definition) is 9. The summed E-state index contributed by atoms with van der Waals surface area (Å²) in [6.45, 7) is 1.57. The number of nitrogens with one attached hydrogen (secondary N) is 1. The molecule has 2 aliphatic rings. The van der Waals surface area contributed by atoms with Gasteiger partial charge in [0.25, 0.3) is 5.91 Å². The number of aromatic nitrogens is 1. The lowest BCUT2D eigenvalue weighted by molar-refractivity contribution is -0.144. The van der Waals surface area contributed by atoms with Gasteiger partial charge in [-0.05, 0) is 55.7 Å². The summed E-state index contributed by atoms with van der Waals surface area (Å²) in [6, 6.07) is 7.60. The summed E-state index contributed by atoms with van der Waals surface area (Å²) in [4.78, 5) is 56.5. The molecule has 1 aromatic carbocycles. The van der Waals surface area contributed by atoms with E-state index in [1.54, 1.807) is 30.5 Å². The van der Waals surface area contributed by atoms with Crippen LogP contribution in [0.25, 0.3) is 0 Å². The number of benzene rings is 1. The third-order valence-corrected chi connectivity index (χ3v) is 10.1. The second-order valence-corrected chi connectivity index (χ2v) is 14.6. The zero-order chi connectivity index (χ0) is 33.0. The number of carbonyl (C=O) groups excluding carboxylic acids is 3. The van der Waals surface area contributed by atoms with Gasteiger partial charge in [0.15, 0.2) is 14.6 Å². The molecular weight excluding hydrogens is 629 g/mol. The summed E-state index contributed by atoms with van der Waals surface area (Å²) in [7, 11) is -8.61. The van der Waals surface area contributed by atoms with E-state index in [2.05, 4.69) is 28.2 Å². The van der Waals surface area contributed by atoms with E-state index in [1.165, 1.54) is 27.9 Å². The number of rotatable bonds is 12. The number of ether oxygens (including phenoxy) is 1. The number of hydrogen-bond donors (Lipinski definition) is 4. The van der Waals surface area contributed by atoms with E-state index in [0.717, 1.165) is 12.7 Å². The molecule has 4 rings (SSSR count). The van der Waals surface area contributed by atoms with Crippen LogP contribution in [0.5, 0.6) is 5.75 Å². The van der Waals surface area contributed by atoms with Crippen molar-refractivity contribution in [1.82, 2.24) is 14.9 Å². The molecule has 240 valence electrons. The fourth-order valence-electron chi connectivity index (χ4n) is 4.68. The maximum absolute atomic E-state index is 12.8. The van der Waals surface area contributed by atoms with Gasteiger partial charge in [0, 0.05) is 48.5 Å². The van der Waals surface area contributed by atoms with E-state index in [4.69, 9.17) is 19.7 Å². The number of aryl methyl sites for hydroxylation is 1. The summed E-state index contributed by atoms with van der Waals surface area (Å²) in [5.41, 5.74) is 3.08. The molecule has 0 saturated heterocycles. The Balaban J connectivity index is 1.21. The second-order valence-electron chi connectivity index (χ2n) is 11.0. The van der Waals surface area contributed by atoms with Crippen molar-refractivity contribution in [3.05, 3.63) is 53.3 Å². The molecule has 16 heteroatoms. The molecule has 2 heterocycles. The molecule has 0 radical (unpaired) electrons. The third kappa shape index (κ3) is 8.54. The lowest BCUT2D eigenvalue weighted by atomic mass is 10.1. The number of nitrogens with zero attached hydrogens (tertiary/aromatic N) is 2. The van der Waals surface area contributed by atoms with Gasteiger partial charge in [0.05, 0.1) is 13.2 Å². The molecule has 1 aliphatic carbocycles. The predicted octanol–water partition coefficient (Wildman–Crippen LogP) is 1.61. The van der Waals surface area contributed by atoms with Crippen molar-refractivity contribution in [2.75, 3.05) is 19.4 Å². The molecule has 1 aliphatic heterocycles. The van der Waals surface area contributed by atoms with Gasteiger partial charge in [0.2, 0.25) is 0 Å². The lowest BCUT2D eigenvalue weighted by Gasteiger charge is -2.27. The SMILES string of the molecule is C[C@@](CCN1Cc2cc(C#CC#C[C@H]3C[C@@H]3COC(=O)CCc3ccccc3OP(=O)(O)O)cn2C1=O)(C(=O)NO)S(C)(=O)=O. The summed E-state index contributed by atoms with van der Waals surface area (Å²) >= 11 is 0. The smallest absolute Gasteiger partial charge is 0.465 e. The Kier molecular flexibility index (Phi) is 10.1. The first-order chi connectivity index (χ1) is 21.1. The highest BCUT2D eigenvalue weighted by molar-refractivity contribution is 7.92. The minimum absolute atomic E-state index is 0.0110. The monoisotopic (exact) mass is 661 g/mol. The minimum atomic E-state index is -4.72. The van der Waals surface area contributed by atoms with Crippen molar-refractivity contribution in [3.8, 4) is 29.4 Å². The van der Waals surface area contributed by atoms with E-state index < -0.39 is 40.3 Å². The minimum Gasteiger partial charge on any atom is -0.465 e.